The lowest BCUT2D eigenvalue weighted by atomic mass is 9.70. The standard InChI is InChI=1S/C27H37N3O4/c1-17-13-14-21-23(22(17)25(32)28-2)27(34)30(20(16-31)15-18-9-5-3-6-10-18)24(21)26(33)29-19-11-7-4-8-12-19/h3,5-6,9-10,13-14,17,19-24,31H,4,7-8,11-12,15-16H2,1-2H3,(H,28,32)(H,29,33)/t17-,20-,21+,22-,23-,24+/m1/s1. The van der Waals surface area contributed by atoms with Gasteiger partial charge in [0.25, 0.3) is 0 Å². The van der Waals surface area contributed by atoms with Gasteiger partial charge in [-0.1, -0.05) is 68.7 Å². The van der Waals surface area contributed by atoms with E-state index >= 15 is 0 Å². The molecule has 0 aromatic heterocycles. The van der Waals surface area contributed by atoms with Gasteiger partial charge in [-0.05, 0) is 30.7 Å². The van der Waals surface area contributed by atoms with Gasteiger partial charge in [0, 0.05) is 19.0 Å². The second kappa shape index (κ2) is 10.7. The Hall–Kier alpha value is -2.67. The summed E-state index contributed by atoms with van der Waals surface area (Å²) in [6, 6.07) is 8.52. The Kier molecular flexibility index (Phi) is 7.71. The first-order valence-corrected chi connectivity index (χ1v) is 12.6. The van der Waals surface area contributed by atoms with Crippen LogP contribution in [0.1, 0.15) is 44.6 Å². The van der Waals surface area contributed by atoms with Crippen LogP contribution in [-0.4, -0.2) is 59.5 Å². The molecule has 1 saturated heterocycles. The molecule has 3 amide bonds. The molecule has 7 nitrogen and oxygen atoms in total. The average molecular weight is 468 g/mol. The minimum atomic E-state index is -0.740. The molecule has 3 N–H and O–H groups in total. The van der Waals surface area contributed by atoms with Crippen LogP contribution < -0.4 is 10.6 Å². The largest absolute Gasteiger partial charge is 0.394 e. The van der Waals surface area contributed by atoms with Crippen LogP contribution in [0.3, 0.4) is 0 Å². The monoisotopic (exact) mass is 467 g/mol. The van der Waals surface area contributed by atoms with Crippen LogP contribution >= 0.6 is 0 Å². The minimum absolute atomic E-state index is 0.111. The van der Waals surface area contributed by atoms with Gasteiger partial charge in [0.05, 0.1) is 24.5 Å². The topological polar surface area (TPSA) is 98.7 Å². The molecule has 1 saturated carbocycles. The summed E-state index contributed by atoms with van der Waals surface area (Å²) < 4.78 is 0. The quantitative estimate of drug-likeness (QED) is 0.535. The van der Waals surface area contributed by atoms with Crippen molar-refractivity contribution in [3.63, 3.8) is 0 Å². The third-order valence-electron chi connectivity index (χ3n) is 7.90. The maximum atomic E-state index is 13.9. The number of nitrogens with zero attached hydrogens (tertiary/aromatic N) is 1. The summed E-state index contributed by atoms with van der Waals surface area (Å²) in [6.45, 7) is 1.68. The predicted octanol–water partition coefficient (Wildman–Crippen LogP) is 2.05. The summed E-state index contributed by atoms with van der Waals surface area (Å²) in [5.74, 6) is -2.25. The molecule has 184 valence electrons. The molecular formula is C27H37N3O4. The summed E-state index contributed by atoms with van der Waals surface area (Å²) in [7, 11) is 1.58. The molecule has 0 bridgehead atoms. The summed E-state index contributed by atoms with van der Waals surface area (Å²) in [4.78, 5) is 42.1. The van der Waals surface area contributed by atoms with Gasteiger partial charge in [0.2, 0.25) is 17.7 Å². The van der Waals surface area contributed by atoms with Gasteiger partial charge < -0.3 is 20.6 Å². The number of allylic oxidation sites excluding steroid dienone is 1. The van der Waals surface area contributed by atoms with Gasteiger partial charge in [0.1, 0.15) is 6.04 Å². The zero-order valence-corrected chi connectivity index (χ0v) is 20.2. The normalized spacial score (nSPS) is 30.0. The number of hydrogen-bond acceptors (Lipinski definition) is 4. The maximum absolute atomic E-state index is 13.9. The van der Waals surface area contributed by atoms with Crippen molar-refractivity contribution >= 4 is 17.7 Å². The number of carbonyl (C=O) groups excluding carboxylic acids is 3. The van der Waals surface area contributed by atoms with E-state index in [1.807, 2.05) is 49.4 Å². The van der Waals surface area contributed by atoms with Gasteiger partial charge >= 0.3 is 0 Å². The molecule has 1 heterocycles. The third kappa shape index (κ3) is 4.76. The molecule has 1 aromatic carbocycles. The molecule has 3 aliphatic rings. The molecule has 1 aromatic rings. The Balaban J connectivity index is 1.68. The molecule has 4 rings (SSSR count). The van der Waals surface area contributed by atoms with Gasteiger partial charge in [-0.25, -0.2) is 0 Å². The van der Waals surface area contributed by atoms with E-state index in [-0.39, 0.29) is 36.3 Å². The van der Waals surface area contributed by atoms with Crippen LogP contribution in [0.4, 0.5) is 0 Å². The summed E-state index contributed by atoms with van der Waals surface area (Å²) in [5.41, 5.74) is 0.988. The first-order chi connectivity index (χ1) is 16.5. The number of rotatable bonds is 7. The van der Waals surface area contributed by atoms with E-state index in [9.17, 15) is 19.5 Å². The second-order valence-electron chi connectivity index (χ2n) is 10.0. The molecule has 34 heavy (non-hydrogen) atoms. The highest BCUT2D eigenvalue weighted by Crippen LogP contribution is 2.45. The second-order valence-corrected chi connectivity index (χ2v) is 10.0. The molecule has 7 heteroatoms. The Bertz CT molecular complexity index is 912. The number of hydrogen-bond donors (Lipinski definition) is 3. The first-order valence-electron chi connectivity index (χ1n) is 12.6. The van der Waals surface area contributed by atoms with Crippen LogP contribution in [-0.2, 0) is 20.8 Å². The molecule has 2 aliphatic carbocycles. The molecule has 0 spiro atoms. The van der Waals surface area contributed by atoms with Crippen LogP contribution in [0.5, 0.6) is 0 Å². The van der Waals surface area contributed by atoms with Crippen molar-refractivity contribution in [3.05, 3.63) is 48.0 Å². The highest BCUT2D eigenvalue weighted by molar-refractivity contribution is 5.97. The number of fused-ring (bicyclic) bond motifs is 1. The van der Waals surface area contributed by atoms with E-state index in [0.717, 1.165) is 31.2 Å². The van der Waals surface area contributed by atoms with Crippen LogP contribution in [0, 0.1) is 23.7 Å². The zero-order chi connectivity index (χ0) is 24.2. The molecule has 6 atom stereocenters. The zero-order valence-electron chi connectivity index (χ0n) is 20.2. The lowest BCUT2D eigenvalue weighted by Gasteiger charge is -2.35. The molecular weight excluding hydrogens is 430 g/mol. The fourth-order valence-corrected chi connectivity index (χ4v) is 6.17. The maximum Gasteiger partial charge on any atom is 0.243 e. The number of carbonyl (C=O) groups is 3. The number of aliphatic hydroxyl groups is 1. The average Bonchev–Trinajstić information content (AvgIpc) is 3.15. The minimum Gasteiger partial charge on any atom is -0.394 e. The van der Waals surface area contributed by atoms with Crippen molar-refractivity contribution in [2.24, 2.45) is 23.7 Å². The van der Waals surface area contributed by atoms with Crippen molar-refractivity contribution in [1.29, 1.82) is 0 Å². The smallest absolute Gasteiger partial charge is 0.243 e. The highest BCUT2D eigenvalue weighted by Gasteiger charge is 2.58. The Morgan fingerprint density at radius 3 is 2.44 bits per heavy atom. The number of aliphatic hydroxyl groups excluding tert-OH is 1. The van der Waals surface area contributed by atoms with E-state index in [1.165, 1.54) is 6.42 Å². The van der Waals surface area contributed by atoms with Gasteiger partial charge in [-0.15, -0.1) is 0 Å². The van der Waals surface area contributed by atoms with Gasteiger partial charge in [0.15, 0.2) is 0 Å². The Morgan fingerprint density at radius 2 is 1.79 bits per heavy atom. The Labute approximate surface area is 202 Å². The SMILES string of the molecule is CNC(=O)[C@H]1[C@@H]2C(=O)N([C@@H](CO)Cc3ccccc3)[C@H](C(=O)NC3CCCCC3)[C@H]2C=C[C@H]1C. The lowest BCUT2D eigenvalue weighted by Crippen LogP contribution is -2.54. The van der Waals surface area contributed by atoms with E-state index in [1.54, 1.807) is 11.9 Å². The summed E-state index contributed by atoms with van der Waals surface area (Å²) in [6.07, 6.45) is 9.62. The van der Waals surface area contributed by atoms with Crippen LogP contribution in [0.2, 0.25) is 0 Å². The summed E-state index contributed by atoms with van der Waals surface area (Å²) in [5, 5.41) is 16.3. The predicted molar refractivity (Wildman–Crippen MR) is 130 cm³/mol. The number of nitrogens with one attached hydrogen (secondary N) is 2. The number of benzene rings is 1. The lowest BCUT2D eigenvalue weighted by molar-refractivity contribution is -0.143. The summed E-state index contributed by atoms with van der Waals surface area (Å²) >= 11 is 0. The number of amides is 3. The van der Waals surface area contributed by atoms with Crippen molar-refractivity contribution in [2.75, 3.05) is 13.7 Å². The van der Waals surface area contributed by atoms with Crippen molar-refractivity contribution in [1.82, 2.24) is 15.5 Å². The third-order valence-corrected chi connectivity index (χ3v) is 7.90. The highest BCUT2D eigenvalue weighted by atomic mass is 16.3. The van der Waals surface area contributed by atoms with Crippen molar-refractivity contribution in [3.8, 4) is 0 Å². The van der Waals surface area contributed by atoms with Crippen molar-refractivity contribution < 1.29 is 19.5 Å². The number of likely N-dealkylation sites (tertiary alicyclic amines) is 1. The van der Waals surface area contributed by atoms with Gasteiger partial charge in [-0.3, -0.25) is 14.4 Å². The van der Waals surface area contributed by atoms with E-state index in [4.69, 9.17) is 0 Å². The van der Waals surface area contributed by atoms with Gasteiger partial charge in [-0.2, -0.15) is 0 Å². The van der Waals surface area contributed by atoms with E-state index in [0.29, 0.717) is 6.42 Å². The fraction of sp³-hybridized carbons (Fsp3) is 0.593. The van der Waals surface area contributed by atoms with E-state index in [2.05, 4.69) is 10.6 Å². The fourth-order valence-electron chi connectivity index (χ4n) is 6.17. The van der Waals surface area contributed by atoms with Crippen molar-refractivity contribution in [2.45, 2.75) is 63.6 Å². The van der Waals surface area contributed by atoms with Crippen LogP contribution in [0.15, 0.2) is 42.5 Å². The first kappa shape index (κ1) is 24.5. The molecule has 0 radical (unpaired) electrons. The molecule has 1 aliphatic heterocycles. The Morgan fingerprint density at radius 1 is 1.09 bits per heavy atom. The molecule has 2 fully saturated rings. The van der Waals surface area contributed by atoms with Crippen LogP contribution in [0.25, 0.3) is 0 Å². The molecule has 0 unspecified atom stereocenters. The van der Waals surface area contributed by atoms with E-state index < -0.39 is 29.8 Å².